The van der Waals surface area contributed by atoms with Gasteiger partial charge in [0, 0.05) is 38.2 Å². The van der Waals surface area contributed by atoms with E-state index in [-0.39, 0.29) is 24.2 Å². The number of aliphatic hydroxyl groups is 3. The van der Waals surface area contributed by atoms with E-state index in [0.717, 1.165) is 13.8 Å². The van der Waals surface area contributed by atoms with Gasteiger partial charge in [-0.15, -0.1) is 0 Å². The fourth-order valence-electron chi connectivity index (χ4n) is 9.03. The van der Waals surface area contributed by atoms with Crippen molar-refractivity contribution in [3.05, 3.63) is 34.4 Å². The summed E-state index contributed by atoms with van der Waals surface area (Å²) < 4.78 is 35.1. The topological polar surface area (TPSA) is 231 Å². The van der Waals surface area contributed by atoms with E-state index in [2.05, 4.69) is 5.32 Å². The van der Waals surface area contributed by atoms with E-state index < -0.39 is 118 Å². The van der Waals surface area contributed by atoms with Crippen molar-refractivity contribution >= 4 is 35.8 Å². The maximum Gasteiger partial charge on any atom is 0.408 e. The molecule has 1 saturated heterocycles. The standard InChI is InChI=1S/C41H59NO15/c1-19(2)14-24(42-36(50)57-37(8,9)10)30(47)35(49)54-25-17-41(51)34(55-28(46)15-20(3)4)32-39(13,26(45)16-27-40(32,18-52-27)56-23(7)44)33(48)31(53-22(6)43)29(21(25)5)38(41,11)12/h14-15,24-27,30-32,34,45,47,51H,16-18H2,1-13H3,(H,42,50)/t24-,25+,26+,27-,30-,31-,32+,34+,39-,40+,41-/m1/s1. The average Bonchev–Trinajstić information content (AvgIpc) is 3.03. The number of ketones is 1. The lowest BCUT2D eigenvalue weighted by Crippen LogP contribution is -2.82. The van der Waals surface area contributed by atoms with Crippen molar-refractivity contribution < 1.29 is 72.5 Å². The third kappa shape index (κ3) is 8.41. The van der Waals surface area contributed by atoms with Gasteiger partial charge in [0.25, 0.3) is 0 Å². The Hall–Kier alpha value is -4.12. The molecule has 3 aliphatic carbocycles. The van der Waals surface area contributed by atoms with Crippen LogP contribution in [0, 0.1) is 16.7 Å². The van der Waals surface area contributed by atoms with Crippen LogP contribution < -0.4 is 5.32 Å². The highest BCUT2D eigenvalue weighted by atomic mass is 16.6. The van der Waals surface area contributed by atoms with E-state index in [1.54, 1.807) is 62.3 Å². The van der Waals surface area contributed by atoms with Gasteiger partial charge in [-0.25, -0.2) is 14.4 Å². The zero-order valence-corrected chi connectivity index (χ0v) is 35.1. The second-order valence-corrected chi connectivity index (χ2v) is 17.9. The van der Waals surface area contributed by atoms with Gasteiger partial charge >= 0.3 is 30.0 Å². The summed E-state index contributed by atoms with van der Waals surface area (Å²) in [6.45, 7) is 19.5. The molecule has 4 rings (SSSR count). The molecule has 11 atom stereocenters. The summed E-state index contributed by atoms with van der Waals surface area (Å²) in [6.07, 6.45) is -8.68. The van der Waals surface area contributed by atoms with Crippen LogP contribution >= 0.6 is 0 Å². The molecule has 0 aromatic heterocycles. The largest absolute Gasteiger partial charge is 0.456 e. The first-order chi connectivity index (χ1) is 26.0. The molecule has 0 aromatic rings. The number of aliphatic hydroxyl groups excluding tert-OH is 2. The van der Waals surface area contributed by atoms with E-state index in [4.69, 9.17) is 28.4 Å². The molecular weight excluding hydrogens is 746 g/mol. The normalized spacial score (nSPS) is 33.9. The van der Waals surface area contributed by atoms with E-state index in [1.165, 1.54) is 26.0 Å². The fourth-order valence-corrected chi connectivity index (χ4v) is 9.03. The van der Waals surface area contributed by atoms with Gasteiger partial charge in [0.1, 0.15) is 29.5 Å². The molecular formula is C41H59NO15. The number of Topliss-reactive ketones (excluding diaryl/α,β-unsaturated/α-hetero) is 1. The van der Waals surface area contributed by atoms with Crippen molar-refractivity contribution in [1.82, 2.24) is 5.32 Å². The summed E-state index contributed by atoms with van der Waals surface area (Å²) in [5, 5.41) is 39.2. The van der Waals surface area contributed by atoms with Crippen molar-refractivity contribution in [3.63, 3.8) is 0 Å². The molecule has 2 bridgehead atoms. The van der Waals surface area contributed by atoms with Crippen LogP contribution in [0.15, 0.2) is 34.4 Å². The maximum atomic E-state index is 15.3. The fraction of sp³-hybridized carbons (Fsp3) is 0.707. The van der Waals surface area contributed by atoms with Crippen LogP contribution in [0.25, 0.3) is 0 Å². The summed E-state index contributed by atoms with van der Waals surface area (Å²) in [5.74, 6) is -6.22. The number of nitrogens with one attached hydrogen (secondary N) is 1. The third-order valence-corrected chi connectivity index (χ3v) is 11.6. The minimum Gasteiger partial charge on any atom is -0.456 e. The van der Waals surface area contributed by atoms with Crippen LogP contribution in [-0.4, -0.2) is 117 Å². The number of carbonyl (C=O) groups excluding carboxylic acids is 6. The van der Waals surface area contributed by atoms with Crippen molar-refractivity contribution in [2.24, 2.45) is 16.7 Å². The lowest BCUT2D eigenvalue weighted by Gasteiger charge is -2.67. The molecule has 318 valence electrons. The number of alkyl carbamates (subject to hydrolysis) is 1. The summed E-state index contributed by atoms with van der Waals surface area (Å²) >= 11 is 0. The number of ether oxygens (including phenoxy) is 6. The molecule has 16 nitrogen and oxygen atoms in total. The lowest BCUT2D eigenvalue weighted by molar-refractivity contribution is -0.347. The summed E-state index contributed by atoms with van der Waals surface area (Å²) in [5.41, 5.74) is -7.34. The first-order valence-corrected chi connectivity index (χ1v) is 19.1. The Balaban J connectivity index is 1.99. The zero-order chi connectivity index (χ0) is 43.4. The Morgan fingerprint density at radius 3 is 2.05 bits per heavy atom. The number of amides is 1. The molecule has 0 radical (unpaired) electrons. The Labute approximate surface area is 333 Å². The summed E-state index contributed by atoms with van der Waals surface area (Å²) in [4.78, 5) is 81.4. The SMILES string of the molecule is CC(=O)O[C@H]1C(=O)[C@@]2(C)[C@H]([C@H](OC(=O)C=C(C)C)[C@]3(O)C[C@H](OC(=O)[C@H](O)[C@@H](C=C(C)C)NC(=O)OC(C)(C)C)C(C)=C1C3(C)C)[C@]1(OC(C)=O)CO[C@@H]1C[C@@H]2O. The smallest absolute Gasteiger partial charge is 0.408 e. The van der Waals surface area contributed by atoms with Crippen LogP contribution in [0.4, 0.5) is 4.79 Å². The molecule has 4 aliphatic rings. The molecule has 0 spiro atoms. The van der Waals surface area contributed by atoms with E-state index in [9.17, 15) is 39.3 Å². The molecule has 3 fully saturated rings. The monoisotopic (exact) mass is 805 g/mol. The summed E-state index contributed by atoms with van der Waals surface area (Å²) in [7, 11) is 0. The van der Waals surface area contributed by atoms with Crippen LogP contribution in [-0.2, 0) is 52.4 Å². The van der Waals surface area contributed by atoms with Crippen molar-refractivity contribution in [2.45, 2.75) is 162 Å². The number of allylic oxidation sites excluding steroid dienone is 2. The second kappa shape index (κ2) is 15.9. The number of hydrogen-bond acceptors (Lipinski definition) is 15. The molecule has 0 aromatic carbocycles. The highest BCUT2D eigenvalue weighted by molar-refractivity contribution is 5.95. The molecule has 1 heterocycles. The molecule has 16 heteroatoms. The number of fused-ring (bicyclic) bond motifs is 5. The Kier molecular flexibility index (Phi) is 12.7. The molecule has 1 amide bonds. The first-order valence-electron chi connectivity index (χ1n) is 19.1. The van der Waals surface area contributed by atoms with Crippen molar-refractivity contribution in [2.75, 3.05) is 6.61 Å². The highest BCUT2D eigenvalue weighted by Gasteiger charge is 2.78. The van der Waals surface area contributed by atoms with Crippen LogP contribution in [0.3, 0.4) is 0 Å². The summed E-state index contributed by atoms with van der Waals surface area (Å²) in [6, 6.07) is -1.34. The molecule has 4 N–H and O–H groups in total. The molecule has 1 aliphatic heterocycles. The number of rotatable bonds is 9. The lowest BCUT2D eigenvalue weighted by atomic mass is 9.44. The number of carbonyl (C=O) groups is 6. The van der Waals surface area contributed by atoms with Gasteiger partial charge in [-0.1, -0.05) is 31.1 Å². The van der Waals surface area contributed by atoms with E-state index >= 15 is 4.79 Å². The van der Waals surface area contributed by atoms with Crippen molar-refractivity contribution in [3.8, 4) is 0 Å². The van der Waals surface area contributed by atoms with E-state index in [0.29, 0.717) is 11.1 Å². The minimum atomic E-state index is -2.35. The molecule has 0 unspecified atom stereocenters. The Morgan fingerprint density at radius 2 is 1.56 bits per heavy atom. The van der Waals surface area contributed by atoms with Gasteiger partial charge in [-0.2, -0.15) is 0 Å². The average molecular weight is 806 g/mol. The van der Waals surface area contributed by atoms with Gasteiger partial charge in [0.15, 0.2) is 23.6 Å². The highest BCUT2D eigenvalue weighted by Crippen LogP contribution is 2.64. The van der Waals surface area contributed by atoms with Gasteiger partial charge in [0.2, 0.25) is 0 Å². The van der Waals surface area contributed by atoms with Crippen LogP contribution in [0.5, 0.6) is 0 Å². The second-order valence-electron chi connectivity index (χ2n) is 17.9. The van der Waals surface area contributed by atoms with Gasteiger partial charge in [0.05, 0.1) is 30.1 Å². The maximum absolute atomic E-state index is 15.3. The molecule has 57 heavy (non-hydrogen) atoms. The van der Waals surface area contributed by atoms with Crippen molar-refractivity contribution in [1.29, 1.82) is 0 Å². The molecule has 2 saturated carbocycles. The third-order valence-electron chi connectivity index (χ3n) is 11.6. The Morgan fingerprint density at radius 1 is 0.947 bits per heavy atom. The first kappa shape index (κ1) is 45.6. The minimum absolute atomic E-state index is 0.000116. The Bertz CT molecular complexity index is 1760. The van der Waals surface area contributed by atoms with Gasteiger partial charge in [-0.3, -0.25) is 14.4 Å². The van der Waals surface area contributed by atoms with E-state index in [1.807, 2.05) is 0 Å². The number of esters is 4. The van der Waals surface area contributed by atoms with Gasteiger partial charge in [-0.05, 0) is 73.5 Å². The van der Waals surface area contributed by atoms with Crippen LogP contribution in [0.1, 0.15) is 103 Å². The predicted molar refractivity (Wildman–Crippen MR) is 201 cm³/mol. The zero-order valence-electron chi connectivity index (χ0n) is 35.1. The van der Waals surface area contributed by atoms with Crippen LogP contribution in [0.2, 0.25) is 0 Å². The van der Waals surface area contributed by atoms with Gasteiger partial charge < -0.3 is 49.1 Å². The predicted octanol–water partition coefficient (Wildman–Crippen LogP) is 3.08. The quantitative estimate of drug-likeness (QED) is 0.114. The number of hydrogen-bond donors (Lipinski definition) is 4.